The third kappa shape index (κ3) is 6.87. The van der Waals surface area contributed by atoms with E-state index in [2.05, 4.69) is 13.8 Å². The van der Waals surface area contributed by atoms with Crippen LogP contribution in [-0.2, 0) is 9.59 Å². The Morgan fingerprint density at radius 1 is 0.875 bits per heavy atom. The number of amides is 3. The monoisotopic (exact) mass is 447 g/mol. The number of piperazine rings is 1. The van der Waals surface area contributed by atoms with E-state index < -0.39 is 0 Å². The van der Waals surface area contributed by atoms with Gasteiger partial charge in [-0.05, 0) is 37.5 Å². The summed E-state index contributed by atoms with van der Waals surface area (Å²) in [4.78, 5) is 43.2. The zero-order valence-corrected chi connectivity index (χ0v) is 19.9. The van der Waals surface area contributed by atoms with Gasteiger partial charge in [-0.15, -0.1) is 0 Å². The molecule has 1 saturated heterocycles. The topological polar surface area (TPSA) is 79.4 Å². The van der Waals surface area contributed by atoms with Crippen LogP contribution >= 0.6 is 0 Å². The highest BCUT2D eigenvalue weighted by atomic mass is 16.5. The summed E-state index contributed by atoms with van der Waals surface area (Å²) in [6.45, 7) is 7.65. The highest BCUT2D eigenvalue weighted by molar-refractivity contribution is 5.95. The summed E-state index contributed by atoms with van der Waals surface area (Å²) in [5.41, 5.74) is 0.532. The fraction of sp³-hybridized carbons (Fsp3) is 0.625. The molecule has 0 bridgehead atoms. The van der Waals surface area contributed by atoms with Crippen molar-refractivity contribution in [2.24, 2.45) is 0 Å². The van der Waals surface area contributed by atoms with Crippen molar-refractivity contribution in [2.45, 2.75) is 46.0 Å². The van der Waals surface area contributed by atoms with Gasteiger partial charge in [-0.2, -0.15) is 0 Å². The molecule has 1 aromatic rings. The maximum atomic E-state index is 12.8. The number of nitrogens with zero attached hydrogens (tertiary/aromatic N) is 3. The van der Waals surface area contributed by atoms with Crippen LogP contribution in [0.4, 0.5) is 0 Å². The molecule has 0 radical (unpaired) electrons. The first-order valence-corrected chi connectivity index (χ1v) is 11.5. The quantitative estimate of drug-likeness (QED) is 0.521. The molecule has 32 heavy (non-hydrogen) atoms. The summed E-state index contributed by atoms with van der Waals surface area (Å²) in [5, 5.41) is 0. The Hall–Kier alpha value is -2.77. The Kier molecular flexibility index (Phi) is 10.3. The maximum absolute atomic E-state index is 12.8. The van der Waals surface area contributed by atoms with Crippen molar-refractivity contribution in [3.8, 4) is 11.5 Å². The van der Waals surface area contributed by atoms with Crippen LogP contribution in [0.15, 0.2) is 18.2 Å². The fourth-order valence-electron chi connectivity index (χ4n) is 3.92. The number of carbonyl (C=O) groups excluding carboxylic acids is 3. The summed E-state index contributed by atoms with van der Waals surface area (Å²) in [7, 11) is 3.09. The second-order valence-electron chi connectivity index (χ2n) is 7.98. The average Bonchev–Trinajstić information content (AvgIpc) is 2.82. The van der Waals surface area contributed by atoms with Gasteiger partial charge in [0.2, 0.25) is 11.8 Å². The van der Waals surface area contributed by atoms with E-state index in [4.69, 9.17) is 9.47 Å². The predicted octanol–water partition coefficient (Wildman–Crippen LogP) is 2.81. The van der Waals surface area contributed by atoms with Gasteiger partial charge in [-0.3, -0.25) is 14.4 Å². The minimum atomic E-state index is -0.0874. The molecular formula is C24H37N3O5. The molecule has 1 fully saturated rings. The fourth-order valence-corrected chi connectivity index (χ4v) is 3.92. The van der Waals surface area contributed by atoms with E-state index in [1.165, 1.54) is 7.11 Å². The lowest BCUT2D eigenvalue weighted by Gasteiger charge is -2.35. The number of ether oxygens (including phenoxy) is 2. The van der Waals surface area contributed by atoms with Crippen LogP contribution in [-0.4, -0.2) is 85.9 Å². The summed E-state index contributed by atoms with van der Waals surface area (Å²) in [6.07, 6.45) is 3.21. The van der Waals surface area contributed by atoms with Crippen LogP contribution in [0.1, 0.15) is 56.3 Å². The van der Waals surface area contributed by atoms with Gasteiger partial charge in [-0.25, -0.2) is 0 Å². The Morgan fingerprint density at radius 3 is 2.03 bits per heavy atom. The van der Waals surface area contributed by atoms with Crippen molar-refractivity contribution in [1.82, 2.24) is 14.7 Å². The van der Waals surface area contributed by atoms with E-state index in [9.17, 15) is 14.4 Å². The van der Waals surface area contributed by atoms with E-state index in [-0.39, 0.29) is 17.7 Å². The molecule has 0 aromatic heterocycles. The predicted molar refractivity (Wildman–Crippen MR) is 123 cm³/mol. The minimum absolute atomic E-state index is 0.0496. The van der Waals surface area contributed by atoms with Crippen LogP contribution in [0.25, 0.3) is 0 Å². The zero-order valence-electron chi connectivity index (χ0n) is 19.9. The first kappa shape index (κ1) is 25.5. The molecular weight excluding hydrogens is 410 g/mol. The van der Waals surface area contributed by atoms with E-state index in [0.29, 0.717) is 62.5 Å². The smallest absolute Gasteiger partial charge is 0.254 e. The number of methoxy groups -OCH3 is 2. The molecule has 0 unspecified atom stereocenters. The lowest BCUT2D eigenvalue weighted by atomic mass is 10.1. The van der Waals surface area contributed by atoms with E-state index in [1.54, 1.807) is 35.1 Å². The Balaban J connectivity index is 1.80. The summed E-state index contributed by atoms with van der Waals surface area (Å²) in [5.74, 6) is 1.18. The number of rotatable bonds is 11. The Labute approximate surface area is 191 Å². The maximum Gasteiger partial charge on any atom is 0.254 e. The molecule has 0 spiro atoms. The van der Waals surface area contributed by atoms with Crippen molar-refractivity contribution in [3.63, 3.8) is 0 Å². The molecule has 1 aliphatic heterocycles. The van der Waals surface area contributed by atoms with Gasteiger partial charge in [0, 0.05) is 57.7 Å². The van der Waals surface area contributed by atoms with Crippen LogP contribution in [0.3, 0.4) is 0 Å². The van der Waals surface area contributed by atoms with Gasteiger partial charge in [-0.1, -0.05) is 13.8 Å². The van der Waals surface area contributed by atoms with Crippen molar-refractivity contribution < 1.29 is 23.9 Å². The molecule has 0 aliphatic carbocycles. The molecule has 3 amide bonds. The Morgan fingerprint density at radius 2 is 1.47 bits per heavy atom. The first-order valence-electron chi connectivity index (χ1n) is 11.5. The number of hydrogen-bond acceptors (Lipinski definition) is 5. The first-order chi connectivity index (χ1) is 15.4. The highest BCUT2D eigenvalue weighted by Gasteiger charge is 2.25. The molecule has 0 N–H and O–H groups in total. The largest absolute Gasteiger partial charge is 0.493 e. The second-order valence-corrected chi connectivity index (χ2v) is 7.98. The standard InChI is InChI=1S/C24H37N3O5/c1-5-12-25(13-6-2)22(28)8-7-9-23(29)26-14-16-27(17-15-26)24(30)19-10-11-20(31-3)21(18-19)32-4/h10-11,18H,5-9,12-17H2,1-4H3. The van der Waals surface area contributed by atoms with Crippen LogP contribution in [0.5, 0.6) is 11.5 Å². The molecule has 1 aromatic carbocycles. The van der Waals surface area contributed by atoms with Gasteiger partial charge >= 0.3 is 0 Å². The van der Waals surface area contributed by atoms with Crippen molar-refractivity contribution in [1.29, 1.82) is 0 Å². The molecule has 8 heteroatoms. The SMILES string of the molecule is CCCN(CCC)C(=O)CCCC(=O)N1CCN(C(=O)c2ccc(OC)c(OC)c2)CC1. The molecule has 0 atom stereocenters. The highest BCUT2D eigenvalue weighted by Crippen LogP contribution is 2.28. The van der Waals surface area contributed by atoms with E-state index in [0.717, 1.165) is 25.9 Å². The number of carbonyl (C=O) groups is 3. The molecule has 2 rings (SSSR count). The van der Waals surface area contributed by atoms with Gasteiger partial charge in [0.15, 0.2) is 11.5 Å². The van der Waals surface area contributed by atoms with Crippen LogP contribution in [0.2, 0.25) is 0 Å². The molecule has 1 heterocycles. The zero-order chi connectivity index (χ0) is 23.5. The van der Waals surface area contributed by atoms with Gasteiger partial charge in [0.05, 0.1) is 14.2 Å². The Bertz CT molecular complexity index is 769. The van der Waals surface area contributed by atoms with Crippen LogP contribution < -0.4 is 9.47 Å². The lowest BCUT2D eigenvalue weighted by molar-refractivity contribution is -0.133. The van der Waals surface area contributed by atoms with Gasteiger partial charge < -0.3 is 24.2 Å². The lowest BCUT2D eigenvalue weighted by Crippen LogP contribution is -2.50. The van der Waals surface area contributed by atoms with Crippen molar-refractivity contribution >= 4 is 17.7 Å². The van der Waals surface area contributed by atoms with E-state index >= 15 is 0 Å². The second kappa shape index (κ2) is 12.9. The molecule has 1 aliphatic rings. The molecule has 0 saturated carbocycles. The van der Waals surface area contributed by atoms with Gasteiger partial charge in [0.1, 0.15) is 0 Å². The minimum Gasteiger partial charge on any atom is -0.493 e. The normalized spacial score (nSPS) is 13.6. The third-order valence-electron chi connectivity index (χ3n) is 5.67. The number of benzene rings is 1. The van der Waals surface area contributed by atoms with Crippen molar-refractivity contribution in [2.75, 3.05) is 53.5 Å². The molecule has 8 nitrogen and oxygen atoms in total. The summed E-state index contributed by atoms with van der Waals surface area (Å²) >= 11 is 0. The van der Waals surface area contributed by atoms with E-state index in [1.807, 2.05) is 4.90 Å². The average molecular weight is 448 g/mol. The number of hydrogen-bond donors (Lipinski definition) is 0. The summed E-state index contributed by atoms with van der Waals surface area (Å²) < 4.78 is 10.5. The van der Waals surface area contributed by atoms with Gasteiger partial charge in [0.25, 0.3) is 5.91 Å². The molecule has 178 valence electrons. The van der Waals surface area contributed by atoms with Crippen molar-refractivity contribution in [3.05, 3.63) is 23.8 Å². The third-order valence-corrected chi connectivity index (χ3v) is 5.67. The summed E-state index contributed by atoms with van der Waals surface area (Å²) in [6, 6.07) is 5.12. The van der Waals surface area contributed by atoms with Crippen LogP contribution in [0, 0.1) is 0 Å².